The molecule has 2 fully saturated rings. The first-order valence-electron chi connectivity index (χ1n) is 9.12. The van der Waals surface area contributed by atoms with E-state index in [4.69, 9.17) is 9.88 Å². The van der Waals surface area contributed by atoms with E-state index in [1.807, 2.05) is 0 Å². The second kappa shape index (κ2) is 8.37. The van der Waals surface area contributed by atoms with Crippen LogP contribution in [0.5, 0.6) is 0 Å². The number of rotatable bonds is 7. The Labute approximate surface area is 159 Å². The van der Waals surface area contributed by atoms with Crippen LogP contribution in [0.25, 0.3) is 0 Å². The molecule has 0 saturated carbocycles. The van der Waals surface area contributed by atoms with Crippen molar-refractivity contribution in [3.8, 4) is 0 Å². The first-order valence-corrected chi connectivity index (χ1v) is 10.7. The van der Waals surface area contributed by atoms with Gasteiger partial charge in [0.25, 0.3) is 0 Å². The monoisotopic (exact) mass is 395 g/mol. The highest BCUT2D eigenvalue weighted by molar-refractivity contribution is 7.89. The van der Waals surface area contributed by atoms with Gasteiger partial charge in [0, 0.05) is 32.7 Å². The van der Waals surface area contributed by atoms with Crippen molar-refractivity contribution >= 4 is 21.8 Å². The summed E-state index contributed by atoms with van der Waals surface area (Å²) < 4.78 is 28.0. The third-order valence-corrected chi connectivity index (χ3v) is 5.93. The Morgan fingerprint density at radius 1 is 1.30 bits per heavy atom. The number of carbonyl (C=O) groups excluding carboxylic acids is 2. The Kier molecular flexibility index (Phi) is 6.13. The minimum Gasteiger partial charge on any atom is -0.376 e. The molecule has 148 valence electrons. The van der Waals surface area contributed by atoms with Gasteiger partial charge in [0.15, 0.2) is 0 Å². The van der Waals surface area contributed by atoms with Gasteiger partial charge in [-0.15, -0.1) is 0 Å². The number of likely N-dealkylation sites (tertiary alicyclic amines) is 1. The Morgan fingerprint density at radius 3 is 2.67 bits per heavy atom. The summed E-state index contributed by atoms with van der Waals surface area (Å²) in [4.78, 5) is 26.2. The predicted molar refractivity (Wildman–Crippen MR) is 98.2 cm³/mol. The van der Waals surface area contributed by atoms with Crippen LogP contribution in [-0.4, -0.2) is 57.5 Å². The number of amides is 2. The zero-order chi connectivity index (χ0) is 19.4. The first kappa shape index (κ1) is 19.8. The number of sulfonamides is 1. The van der Waals surface area contributed by atoms with Gasteiger partial charge in [-0.2, -0.15) is 0 Å². The molecule has 27 heavy (non-hydrogen) atoms. The predicted octanol–water partition coefficient (Wildman–Crippen LogP) is 0.0202. The van der Waals surface area contributed by atoms with E-state index in [-0.39, 0.29) is 35.2 Å². The molecule has 0 radical (unpaired) electrons. The van der Waals surface area contributed by atoms with Crippen LogP contribution in [0.1, 0.15) is 24.8 Å². The summed E-state index contributed by atoms with van der Waals surface area (Å²) in [5.74, 6) is -0.452. The topological polar surface area (TPSA) is 119 Å². The molecule has 1 aromatic carbocycles. The normalized spacial score (nSPS) is 23.0. The maximum absolute atomic E-state index is 12.3. The van der Waals surface area contributed by atoms with Crippen LogP contribution in [0, 0.1) is 5.92 Å². The fourth-order valence-corrected chi connectivity index (χ4v) is 3.99. The lowest BCUT2D eigenvalue weighted by molar-refractivity contribution is -0.129. The number of nitrogens with zero attached hydrogens (tertiary/aromatic N) is 1. The van der Waals surface area contributed by atoms with Crippen molar-refractivity contribution < 1.29 is 22.7 Å². The van der Waals surface area contributed by atoms with Gasteiger partial charge in [-0.1, -0.05) is 12.1 Å². The van der Waals surface area contributed by atoms with Crippen molar-refractivity contribution in [2.24, 2.45) is 11.1 Å². The van der Waals surface area contributed by atoms with Crippen LogP contribution in [0.2, 0.25) is 0 Å². The zero-order valence-corrected chi connectivity index (χ0v) is 15.9. The van der Waals surface area contributed by atoms with Gasteiger partial charge in [-0.3, -0.25) is 9.59 Å². The van der Waals surface area contributed by atoms with Gasteiger partial charge in [-0.25, -0.2) is 13.6 Å². The summed E-state index contributed by atoms with van der Waals surface area (Å²) >= 11 is 0. The van der Waals surface area contributed by atoms with Crippen molar-refractivity contribution in [3.05, 3.63) is 29.8 Å². The molecule has 2 aliphatic heterocycles. The molecule has 2 aliphatic rings. The Hall–Kier alpha value is -1.97. The number of ether oxygens (including phenoxy) is 1. The Morgan fingerprint density at radius 2 is 2.04 bits per heavy atom. The average molecular weight is 395 g/mol. The maximum Gasteiger partial charge on any atom is 0.238 e. The summed E-state index contributed by atoms with van der Waals surface area (Å²) in [6.07, 6.45) is 2.88. The van der Waals surface area contributed by atoms with E-state index in [1.54, 1.807) is 17.0 Å². The van der Waals surface area contributed by atoms with Crippen molar-refractivity contribution in [2.45, 2.75) is 36.7 Å². The molecule has 2 saturated heterocycles. The summed E-state index contributed by atoms with van der Waals surface area (Å²) in [6.45, 7) is 2.17. The second-order valence-corrected chi connectivity index (χ2v) is 8.63. The molecule has 1 aromatic rings. The molecule has 0 aliphatic carbocycles. The van der Waals surface area contributed by atoms with Gasteiger partial charge in [0.2, 0.25) is 21.8 Å². The van der Waals surface area contributed by atoms with Crippen LogP contribution in [-0.2, 0) is 30.8 Å². The fraction of sp³-hybridized carbons (Fsp3) is 0.556. The van der Waals surface area contributed by atoms with E-state index in [9.17, 15) is 18.0 Å². The van der Waals surface area contributed by atoms with Crippen molar-refractivity contribution in [3.63, 3.8) is 0 Å². The molecule has 2 heterocycles. The van der Waals surface area contributed by atoms with E-state index < -0.39 is 10.0 Å². The highest BCUT2D eigenvalue weighted by Gasteiger charge is 2.35. The van der Waals surface area contributed by atoms with Gasteiger partial charge < -0.3 is 15.0 Å². The number of nitrogens with two attached hydrogens (primary N) is 1. The SMILES string of the molecule is NS(=O)(=O)c1ccc(CCNC(=O)C2CC(=O)N(CC3CCCO3)C2)cc1. The molecular weight excluding hydrogens is 370 g/mol. The van der Waals surface area contributed by atoms with Crippen LogP contribution >= 0.6 is 0 Å². The minimum atomic E-state index is -3.70. The third kappa shape index (κ3) is 5.27. The van der Waals surface area contributed by atoms with E-state index in [0.29, 0.717) is 26.1 Å². The molecule has 0 bridgehead atoms. The standard InChI is InChI=1S/C18H25N3O5S/c19-27(24,25)16-5-3-13(4-6-16)7-8-20-18(23)14-10-17(22)21(11-14)12-15-2-1-9-26-15/h3-6,14-15H,1-2,7-12H2,(H,20,23)(H2,19,24,25). The number of benzene rings is 1. The largest absolute Gasteiger partial charge is 0.376 e. The van der Waals surface area contributed by atoms with Crippen molar-refractivity contribution in [1.82, 2.24) is 10.2 Å². The number of primary sulfonamides is 1. The van der Waals surface area contributed by atoms with Crippen molar-refractivity contribution in [2.75, 3.05) is 26.2 Å². The molecule has 2 amide bonds. The van der Waals surface area contributed by atoms with E-state index in [1.165, 1.54) is 12.1 Å². The molecule has 0 spiro atoms. The Balaban J connectivity index is 1.43. The molecule has 2 atom stereocenters. The van der Waals surface area contributed by atoms with E-state index in [2.05, 4.69) is 5.32 Å². The molecule has 3 rings (SSSR count). The summed E-state index contributed by atoms with van der Waals surface area (Å²) in [5, 5.41) is 7.93. The van der Waals surface area contributed by atoms with Crippen LogP contribution in [0.3, 0.4) is 0 Å². The lowest BCUT2D eigenvalue weighted by Crippen LogP contribution is -2.36. The number of hydrogen-bond donors (Lipinski definition) is 2. The molecule has 9 heteroatoms. The molecule has 3 N–H and O–H groups in total. The third-order valence-electron chi connectivity index (χ3n) is 5.00. The summed E-state index contributed by atoms with van der Waals surface area (Å²) in [6, 6.07) is 6.25. The van der Waals surface area contributed by atoms with Gasteiger partial charge >= 0.3 is 0 Å². The van der Waals surface area contributed by atoms with Gasteiger partial charge in [0.05, 0.1) is 16.9 Å². The molecule has 8 nitrogen and oxygen atoms in total. The van der Waals surface area contributed by atoms with Gasteiger partial charge in [-0.05, 0) is 37.0 Å². The van der Waals surface area contributed by atoms with E-state index in [0.717, 1.165) is 25.0 Å². The second-order valence-electron chi connectivity index (χ2n) is 7.06. The number of carbonyl (C=O) groups is 2. The van der Waals surface area contributed by atoms with E-state index >= 15 is 0 Å². The minimum absolute atomic E-state index is 0.00392. The summed E-state index contributed by atoms with van der Waals surface area (Å²) in [5.41, 5.74) is 0.894. The number of hydrogen-bond acceptors (Lipinski definition) is 5. The molecular formula is C18H25N3O5S. The lowest BCUT2D eigenvalue weighted by Gasteiger charge is -2.20. The lowest BCUT2D eigenvalue weighted by atomic mass is 10.1. The van der Waals surface area contributed by atoms with Crippen LogP contribution in [0.4, 0.5) is 0 Å². The average Bonchev–Trinajstić information content (AvgIpc) is 3.25. The number of nitrogens with one attached hydrogen (secondary N) is 1. The molecule has 2 unspecified atom stereocenters. The Bertz CT molecular complexity index is 788. The molecule has 0 aromatic heterocycles. The maximum atomic E-state index is 12.3. The first-order chi connectivity index (χ1) is 12.8. The quantitative estimate of drug-likeness (QED) is 0.675. The fourth-order valence-electron chi connectivity index (χ4n) is 3.48. The van der Waals surface area contributed by atoms with Gasteiger partial charge in [0.1, 0.15) is 0 Å². The smallest absolute Gasteiger partial charge is 0.238 e. The zero-order valence-electron chi connectivity index (χ0n) is 15.1. The highest BCUT2D eigenvalue weighted by atomic mass is 32.2. The van der Waals surface area contributed by atoms with Crippen molar-refractivity contribution in [1.29, 1.82) is 0 Å². The van der Waals surface area contributed by atoms with Crippen LogP contribution in [0.15, 0.2) is 29.2 Å². The summed E-state index contributed by atoms with van der Waals surface area (Å²) in [7, 11) is -3.70. The van der Waals surface area contributed by atoms with Crippen LogP contribution < -0.4 is 10.5 Å². The highest BCUT2D eigenvalue weighted by Crippen LogP contribution is 2.21.